The fourth-order valence-electron chi connectivity index (χ4n) is 4.52. The molecule has 0 bridgehead atoms. The van der Waals surface area contributed by atoms with Crippen LogP contribution in [0.3, 0.4) is 0 Å². The number of thiophene rings is 1. The molecule has 2 fully saturated rings. The normalized spacial score (nSPS) is 17.5. The molecule has 200 valence electrons. The molecule has 1 aromatic heterocycles. The van der Waals surface area contributed by atoms with Gasteiger partial charge in [0.2, 0.25) is 11.8 Å². The molecule has 0 radical (unpaired) electrons. The molecule has 2 saturated heterocycles. The number of nitrogens with one attached hydrogen (secondary N) is 2. The predicted octanol–water partition coefficient (Wildman–Crippen LogP) is 2.80. The van der Waals surface area contributed by atoms with Crippen molar-refractivity contribution in [2.24, 2.45) is 0 Å². The van der Waals surface area contributed by atoms with E-state index in [2.05, 4.69) is 16.7 Å². The van der Waals surface area contributed by atoms with Crippen LogP contribution in [0.4, 0.5) is 0 Å². The van der Waals surface area contributed by atoms with E-state index in [1.54, 1.807) is 35.7 Å². The minimum absolute atomic E-state index is 0.0862. The van der Waals surface area contributed by atoms with E-state index < -0.39 is 23.6 Å². The zero-order valence-electron chi connectivity index (χ0n) is 20.9. The van der Waals surface area contributed by atoms with Crippen molar-refractivity contribution in [1.29, 1.82) is 5.26 Å². The van der Waals surface area contributed by atoms with E-state index in [0.717, 1.165) is 4.88 Å². The highest BCUT2D eigenvalue weighted by molar-refractivity contribution is 7.10. The largest absolute Gasteiger partial charge is 0.457 e. The summed E-state index contributed by atoms with van der Waals surface area (Å²) in [4.78, 5) is 41.2. The van der Waals surface area contributed by atoms with Gasteiger partial charge in [-0.15, -0.1) is 11.3 Å². The molecule has 3 heterocycles. The molecule has 2 aromatic carbocycles. The molecular formula is C28H26N4O6S. The van der Waals surface area contributed by atoms with Crippen LogP contribution in [0.2, 0.25) is 0 Å². The van der Waals surface area contributed by atoms with Gasteiger partial charge in [0.1, 0.15) is 23.6 Å². The van der Waals surface area contributed by atoms with Gasteiger partial charge in [-0.05, 0) is 42.5 Å². The highest BCUT2D eigenvalue weighted by Gasteiger charge is 2.52. The lowest BCUT2D eigenvalue weighted by atomic mass is 10.1. The molecule has 1 spiro atoms. The number of amides is 3. The monoisotopic (exact) mass is 546 g/mol. The highest BCUT2D eigenvalue weighted by Crippen LogP contribution is 2.35. The average molecular weight is 547 g/mol. The molecule has 10 nitrogen and oxygen atoms in total. The van der Waals surface area contributed by atoms with E-state index in [4.69, 9.17) is 19.5 Å². The number of hydrogen-bond donors (Lipinski definition) is 2. The zero-order chi connectivity index (χ0) is 27.2. The Morgan fingerprint density at radius 2 is 1.77 bits per heavy atom. The standard InChI is InChI=1S/C28H26N4O6S/c29-14-19-12-23(39-17-19)15-30-27(35)24-13-28(36-10-11-37-28)18-32(24)25(33)16-31-26(34)20-6-8-22(9-7-20)38-21-4-2-1-3-5-21/h1-9,12,17,24H,10-11,13,15-16,18H2,(H,30,35)(H,31,34)/t24-/m0/s1. The first-order valence-corrected chi connectivity index (χ1v) is 13.3. The Morgan fingerprint density at radius 1 is 1.05 bits per heavy atom. The first-order valence-electron chi connectivity index (χ1n) is 12.4. The third-order valence-corrected chi connectivity index (χ3v) is 7.38. The van der Waals surface area contributed by atoms with Crippen LogP contribution in [0.25, 0.3) is 0 Å². The van der Waals surface area contributed by atoms with Crippen molar-refractivity contribution in [2.75, 3.05) is 26.3 Å². The van der Waals surface area contributed by atoms with Crippen molar-refractivity contribution >= 4 is 29.1 Å². The van der Waals surface area contributed by atoms with Crippen LogP contribution in [-0.4, -0.2) is 60.8 Å². The summed E-state index contributed by atoms with van der Waals surface area (Å²) in [5.74, 6) is -0.984. The molecule has 0 unspecified atom stereocenters. The molecule has 5 rings (SSSR count). The maximum atomic E-state index is 13.2. The number of para-hydroxylation sites is 1. The Hall–Kier alpha value is -4.24. The molecule has 3 amide bonds. The molecule has 2 N–H and O–H groups in total. The van der Waals surface area contributed by atoms with Crippen LogP contribution in [0, 0.1) is 11.3 Å². The molecule has 2 aliphatic rings. The second-order valence-corrected chi connectivity index (χ2v) is 10.1. The minimum Gasteiger partial charge on any atom is -0.457 e. The number of carbonyl (C=O) groups excluding carboxylic acids is 3. The lowest BCUT2D eigenvalue weighted by molar-refractivity contribution is -0.152. The molecule has 2 aliphatic heterocycles. The van der Waals surface area contributed by atoms with Gasteiger partial charge in [0.25, 0.3) is 5.91 Å². The van der Waals surface area contributed by atoms with Crippen LogP contribution >= 0.6 is 11.3 Å². The maximum absolute atomic E-state index is 13.2. The quantitative estimate of drug-likeness (QED) is 0.444. The number of carbonyl (C=O) groups is 3. The minimum atomic E-state index is -1.03. The molecule has 0 aliphatic carbocycles. The maximum Gasteiger partial charge on any atom is 0.251 e. The van der Waals surface area contributed by atoms with Gasteiger partial charge in [-0.3, -0.25) is 14.4 Å². The van der Waals surface area contributed by atoms with Crippen molar-refractivity contribution in [3.63, 3.8) is 0 Å². The summed E-state index contributed by atoms with van der Waals surface area (Å²) in [6, 6.07) is 18.8. The van der Waals surface area contributed by atoms with E-state index in [1.807, 2.05) is 30.3 Å². The summed E-state index contributed by atoms with van der Waals surface area (Å²) >= 11 is 1.37. The molecule has 39 heavy (non-hydrogen) atoms. The molecule has 1 atom stereocenters. The highest BCUT2D eigenvalue weighted by atomic mass is 32.1. The van der Waals surface area contributed by atoms with Crippen molar-refractivity contribution in [2.45, 2.75) is 24.8 Å². The van der Waals surface area contributed by atoms with Crippen molar-refractivity contribution < 1.29 is 28.6 Å². The van der Waals surface area contributed by atoms with Crippen molar-refractivity contribution in [3.05, 3.63) is 82.0 Å². The lowest BCUT2D eigenvalue weighted by Crippen LogP contribution is -2.49. The van der Waals surface area contributed by atoms with E-state index in [1.165, 1.54) is 16.2 Å². The number of likely N-dealkylation sites (tertiary alicyclic amines) is 1. The third kappa shape index (κ3) is 6.26. The number of hydrogen-bond acceptors (Lipinski definition) is 8. The fraction of sp³-hybridized carbons (Fsp3) is 0.286. The first-order chi connectivity index (χ1) is 18.9. The number of nitrogens with zero attached hydrogens (tertiary/aromatic N) is 2. The Kier molecular flexibility index (Phi) is 7.88. The first kappa shape index (κ1) is 26.4. The van der Waals surface area contributed by atoms with Crippen LogP contribution in [0.15, 0.2) is 66.0 Å². The number of ether oxygens (including phenoxy) is 3. The van der Waals surface area contributed by atoms with E-state index in [9.17, 15) is 14.4 Å². The number of nitriles is 1. The van der Waals surface area contributed by atoms with Crippen LogP contribution in [-0.2, 0) is 25.6 Å². The van der Waals surface area contributed by atoms with Gasteiger partial charge >= 0.3 is 0 Å². The number of rotatable bonds is 8. The summed E-state index contributed by atoms with van der Waals surface area (Å²) in [7, 11) is 0. The van der Waals surface area contributed by atoms with Gasteiger partial charge in [-0.25, -0.2) is 0 Å². The third-order valence-electron chi connectivity index (χ3n) is 6.44. The fourth-order valence-corrected chi connectivity index (χ4v) is 5.27. The topological polar surface area (TPSA) is 130 Å². The van der Waals surface area contributed by atoms with Gasteiger partial charge in [-0.1, -0.05) is 18.2 Å². The van der Waals surface area contributed by atoms with Crippen LogP contribution in [0.1, 0.15) is 27.2 Å². The van der Waals surface area contributed by atoms with Crippen LogP contribution in [0.5, 0.6) is 11.5 Å². The van der Waals surface area contributed by atoms with Crippen LogP contribution < -0.4 is 15.4 Å². The van der Waals surface area contributed by atoms with E-state index in [-0.39, 0.29) is 32.0 Å². The molecule has 0 saturated carbocycles. The summed E-state index contributed by atoms with van der Waals surface area (Å²) in [5, 5.41) is 16.2. The number of benzene rings is 2. The summed E-state index contributed by atoms with van der Waals surface area (Å²) in [6.45, 7) is 0.784. The summed E-state index contributed by atoms with van der Waals surface area (Å²) in [6.07, 6.45) is 0.190. The van der Waals surface area contributed by atoms with Gasteiger partial charge in [0.05, 0.1) is 38.4 Å². The Bertz CT molecular complexity index is 1380. The van der Waals surface area contributed by atoms with E-state index in [0.29, 0.717) is 35.8 Å². The summed E-state index contributed by atoms with van der Waals surface area (Å²) < 4.78 is 17.3. The lowest BCUT2D eigenvalue weighted by Gasteiger charge is -2.24. The van der Waals surface area contributed by atoms with Gasteiger partial charge in [0.15, 0.2) is 5.79 Å². The Labute approximate surface area is 229 Å². The van der Waals surface area contributed by atoms with Gasteiger partial charge in [0, 0.05) is 22.2 Å². The van der Waals surface area contributed by atoms with E-state index >= 15 is 0 Å². The average Bonchev–Trinajstić information content (AvgIpc) is 3.72. The van der Waals surface area contributed by atoms with Crippen molar-refractivity contribution in [3.8, 4) is 17.6 Å². The molecule has 3 aromatic rings. The molecule has 11 heteroatoms. The second-order valence-electron chi connectivity index (χ2n) is 9.10. The zero-order valence-corrected chi connectivity index (χ0v) is 21.7. The van der Waals surface area contributed by atoms with Gasteiger partial charge < -0.3 is 29.7 Å². The molecular weight excluding hydrogens is 520 g/mol. The second kappa shape index (κ2) is 11.7. The smallest absolute Gasteiger partial charge is 0.251 e. The predicted molar refractivity (Wildman–Crippen MR) is 141 cm³/mol. The SMILES string of the molecule is N#Cc1csc(CNC(=O)[C@@H]2CC3(CN2C(=O)CNC(=O)c2ccc(Oc4ccccc4)cc2)OCCO3)c1. The Balaban J connectivity index is 1.18. The summed E-state index contributed by atoms with van der Waals surface area (Å²) in [5.41, 5.74) is 0.897. The van der Waals surface area contributed by atoms with Crippen molar-refractivity contribution in [1.82, 2.24) is 15.5 Å². The van der Waals surface area contributed by atoms with Gasteiger partial charge in [-0.2, -0.15) is 5.26 Å². The Morgan fingerprint density at radius 3 is 2.46 bits per heavy atom.